The minimum Gasteiger partial charge on any atom is -0.507 e. The smallest absolute Gasteiger partial charge is 0.126 e. The molecule has 0 saturated carbocycles. The molecule has 0 spiro atoms. The highest BCUT2D eigenvalue weighted by molar-refractivity contribution is 6.31. The number of hydrogen-bond acceptors (Lipinski definition) is 2. The van der Waals surface area contributed by atoms with Crippen LogP contribution in [0.2, 0.25) is 10.0 Å². The van der Waals surface area contributed by atoms with Gasteiger partial charge < -0.3 is 5.11 Å². The van der Waals surface area contributed by atoms with Crippen LogP contribution in [0.4, 0.5) is 0 Å². The standard InChI is InChI=1S/C18H12Cl2NO/c1-11-8-16(12-2-4-13(19)5-3-12)18(21-10-11)15-7-6-14(20)9-17(15)22/h2-10,22H,1H2. The number of phenols is 1. The molecule has 1 aromatic heterocycles. The van der Waals surface area contributed by atoms with E-state index in [1.165, 1.54) is 6.07 Å². The molecular weight excluding hydrogens is 317 g/mol. The molecular formula is C18H12Cl2NO. The average molecular weight is 329 g/mol. The molecule has 1 N–H and O–H groups in total. The molecule has 0 bridgehead atoms. The number of rotatable bonds is 2. The Morgan fingerprint density at radius 2 is 1.55 bits per heavy atom. The van der Waals surface area contributed by atoms with Gasteiger partial charge in [-0.05, 0) is 54.4 Å². The summed E-state index contributed by atoms with van der Waals surface area (Å²) < 4.78 is 0. The van der Waals surface area contributed by atoms with Crippen molar-refractivity contribution in [2.75, 3.05) is 0 Å². The van der Waals surface area contributed by atoms with Crippen molar-refractivity contribution in [3.8, 4) is 28.1 Å². The van der Waals surface area contributed by atoms with Gasteiger partial charge in [0.05, 0.1) is 5.69 Å². The third-order valence-electron chi connectivity index (χ3n) is 3.31. The lowest BCUT2D eigenvalue weighted by Gasteiger charge is -2.12. The fourth-order valence-corrected chi connectivity index (χ4v) is 2.57. The molecule has 0 aliphatic rings. The highest BCUT2D eigenvalue weighted by atomic mass is 35.5. The van der Waals surface area contributed by atoms with E-state index in [2.05, 4.69) is 11.9 Å². The Hall–Kier alpha value is -2.03. The minimum atomic E-state index is 0.0898. The van der Waals surface area contributed by atoms with Gasteiger partial charge in [-0.15, -0.1) is 0 Å². The Labute approximate surface area is 139 Å². The lowest BCUT2D eigenvalue weighted by atomic mass is 9.97. The highest BCUT2D eigenvalue weighted by Gasteiger charge is 2.13. The lowest BCUT2D eigenvalue weighted by Crippen LogP contribution is -1.91. The summed E-state index contributed by atoms with van der Waals surface area (Å²) in [6, 6.07) is 14.4. The molecule has 0 amide bonds. The van der Waals surface area contributed by atoms with E-state index in [0.717, 1.165) is 16.7 Å². The molecule has 0 atom stereocenters. The Kier molecular flexibility index (Phi) is 4.06. The zero-order valence-electron chi connectivity index (χ0n) is 11.6. The first-order valence-corrected chi connectivity index (χ1v) is 7.37. The van der Waals surface area contributed by atoms with E-state index in [9.17, 15) is 5.11 Å². The van der Waals surface area contributed by atoms with Crippen LogP contribution in [0.5, 0.6) is 5.75 Å². The van der Waals surface area contributed by atoms with Crippen LogP contribution in [0.15, 0.2) is 54.7 Å². The van der Waals surface area contributed by atoms with Crippen LogP contribution >= 0.6 is 23.2 Å². The second kappa shape index (κ2) is 5.99. The molecule has 1 heterocycles. The van der Waals surface area contributed by atoms with Gasteiger partial charge in [0.25, 0.3) is 0 Å². The first-order chi connectivity index (χ1) is 10.5. The zero-order valence-corrected chi connectivity index (χ0v) is 13.1. The molecule has 22 heavy (non-hydrogen) atoms. The van der Waals surface area contributed by atoms with Crippen molar-refractivity contribution in [1.29, 1.82) is 0 Å². The van der Waals surface area contributed by atoms with E-state index >= 15 is 0 Å². The maximum absolute atomic E-state index is 10.2. The number of pyridine rings is 1. The van der Waals surface area contributed by atoms with Gasteiger partial charge in [0.2, 0.25) is 0 Å². The van der Waals surface area contributed by atoms with Crippen molar-refractivity contribution < 1.29 is 5.11 Å². The number of hydrogen-bond donors (Lipinski definition) is 1. The first-order valence-electron chi connectivity index (χ1n) is 6.61. The van der Waals surface area contributed by atoms with Crippen molar-refractivity contribution >= 4 is 23.2 Å². The van der Waals surface area contributed by atoms with Crippen molar-refractivity contribution in [2.45, 2.75) is 0 Å². The molecule has 4 heteroatoms. The van der Waals surface area contributed by atoms with E-state index in [0.29, 0.717) is 21.3 Å². The predicted octanol–water partition coefficient (Wildman–Crippen LogP) is 5.61. The Bertz CT molecular complexity index is 829. The first kappa shape index (κ1) is 14.9. The Morgan fingerprint density at radius 1 is 0.864 bits per heavy atom. The second-order valence-electron chi connectivity index (χ2n) is 4.91. The summed E-state index contributed by atoms with van der Waals surface area (Å²) in [5, 5.41) is 11.3. The van der Waals surface area contributed by atoms with Crippen LogP contribution in [0.3, 0.4) is 0 Å². The molecule has 3 rings (SSSR count). The Morgan fingerprint density at radius 3 is 2.23 bits per heavy atom. The van der Waals surface area contributed by atoms with Gasteiger partial charge in [0.1, 0.15) is 5.75 Å². The van der Waals surface area contributed by atoms with Crippen molar-refractivity contribution in [3.63, 3.8) is 0 Å². The second-order valence-corrected chi connectivity index (χ2v) is 5.78. The van der Waals surface area contributed by atoms with Gasteiger partial charge in [0.15, 0.2) is 0 Å². The quantitative estimate of drug-likeness (QED) is 0.663. The number of aromatic nitrogens is 1. The summed E-state index contributed by atoms with van der Waals surface area (Å²) in [5.41, 5.74) is 3.91. The van der Waals surface area contributed by atoms with E-state index in [1.807, 2.05) is 30.3 Å². The number of nitrogens with zero attached hydrogens (tertiary/aromatic N) is 1. The van der Waals surface area contributed by atoms with Crippen LogP contribution in [0.25, 0.3) is 22.4 Å². The molecule has 109 valence electrons. The molecule has 2 nitrogen and oxygen atoms in total. The topological polar surface area (TPSA) is 33.1 Å². The molecule has 1 radical (unpaired) electrons. The zero-order chi connectivity index (χ0) is 15.7. The maximum Gasteiger partial charge on any atom is 0.126 e. The molecule has 0 aliphatic carbocycles. The highest BCUT2D eigenvalue weighted by Crippen LogP contribution is 2.37. The largest absolute Gasteiger partial charge is 0.507 e. The minimum absolute atomic E-state index is 0.0898. The predicted molar refractivity (Wildman–Crippen MR) is 91.3 cm³/mol. The van der Waals surface area contributed by atoms with Gasteiger partial charge in [-0.1, -0.05) is 35.3 Å². The molecule has 0 saturated heterocycles. The van der Waals surface area contributed by atoms with E-state index < -0.39 is 0 Å². The lowest BCUT2D eigenvalue weighted by molar-refractivity contribution is 0.477. The summed E-state index contributed by atoms with van der Waals surface area (Å²) in [5.74, 6) is 0.0898. The third kappa shape index (κ3) is 2.94. The average Bonchev–Trinajstić information content (AvgIpc) is 2.49. The number of halogens is 2. The fourth-order valence-electron chi connectivity index (χ4n) is 2.28. The molecule has 0 fully saturated rings. The summed E-state index contributed by atoms with van der Waals surface area (Å²) in [7, 11) is 0. The maximum atomic E-state index is 10.2. The molecule has 2 aromatic carbocycles. The fraction of sp³-hybridized carbons (Fsp3) is 0. The molecule has 0 aliphatic heterocycles. The van der Waals surface area contributed by atoms with Gasteiger partial charge in [-0.2, -0.15) is 0 Å². The third-order valence-corrected chi connectivity index (χ3v) is 3.80. The van der Waals surface area contributed by atoms with Crippen LogP contribution in [-0.2, 0) is 0 Å². The summed E-state index contributed by atoms with van der Waals surface area (Å²) in [6.07, 6.45) is 1.67. The normalized spacial score (nSPS) is 10.7. The van der Waals surface area contributed by atoms with Gasteiger partial charge in [-0.3, -0.25) is 4.98 Å². The summed E-state index contributed by atoms with van der Waals surface area (Å²) >= 11 is 11.8. The van der Waals surface area contributed by atoms with Gasteiger partial charge in [-0.25, -0.2) is 0 Å². The van der Waals surface area contributed by atoms with E-state index in [1.54, 1.807) is 18.3 Å². The van der Waals surface area contributed by atoms with Crippen molar-refractivity contribution in [3.05, 3.63) is 77.3 Å². The summed E-state index contributed by atoms with van der Waals surface area (Å²) in [4.78, 5) is 4.44. The monoisotopic (exact) mass is 328 g/mol. The molecule has 3 aromatic rings. The Balaban J connectivity index is 2.22. The van der Waals surface area contributed by atoms with Crippen molar-refractivity contribution in [2.24, 2.45) is 0 Å². The van der Waals surface area contributed by atoms with Gasteiger partial charge in [0, 0.05) is 27.4 Å². The number of phenolic OH excluding ortho intramolecular Hbond substituents is 1. The summed E-state index contributed by atoms with van der Waals surface area (Å²) in [6.45, 7) is 3.92. The van der Waals surface area contributed by atoms with Gasteiger partial charge >= 0.3 is 0 Å². The van der Waals surface area contributed by atoms with Crippen LogP contribution in [0.1, 0.15) is 5.56 Å². The van der Waals surface area contributed by atoms with Crippen LogP contribution in [0, 0.1) is 6.92 Å². The van der Waals surface area contributed by atoms with E-state index in [4.69, 9.17) is 23.2 Å². The SMILES string of the molecule is [CH2]c1cnc(-c2ccc(Cl)cc2O)c(-c2ccc(Cl)cc2)c1. The van der Waals surface area contributed by atoms with Crippen LogP contribution in [-0.4, -0.2) is 10.1 Å². The van der Waals surface area contributed by atoms with Crippen LogP contribution < -0.4 is 0 Å². The number of aromatic hydroxyl groups is 1. The van der Waals surface area contributed by atoms with Crippen molar-refractivity contribution in [1.82, 2.24) is 4.98 Å². The number of benzene rings is 2. The van der Waals surface area contributed by atoms with E-state index in [-0.39, 0.29) is 5.75 Å². The molecule has 0 unspecified atom stereocenters.